The van der Waals surface area contributed by atoms with Crippen LogP contribution < -0.4 is 19.3 Å². The van der Waals surface area contributed by atoms with E-state index in [-0.39, 0.29) is 0 Å². The average molecular weight is 1400 g/mol. The predicted molar refractivity (Wildman–Crippen MR) is 436 cm³/mol. The van der Waals surface area contributed by atoms with Gasteiger partial charge < -0.3 is 28.4 Å². The summed E-state index contributed by atoms with van der Waals surface area (Å²) in [5.74, 6) is 3.42. The molecule has 3 aliphatic heterocycles. The lowest BCUT2D eigenvalue weighted by Gasteiger charge is -2.48. The van der Waals surface area contributed by atoms with Crippen molar-refractivity contribution in [1.82, 2.24) is 24.1 Å². The largest absolute Gasteiger partial charge is 0.457 e. The molecule has 12 heteroatoms. The van der Waals surface area contributed by atoms with Crippen molar-refractivity contribution in [3.63, 3.8) is 0 Å². The van der Waals surface area contributed by atoms with Crippen LogP contribution in [0.4, 0.5) is 45.5 Å². The average Bonchev–Trinajstić information content (AvgIpc) is 1.42. The van der Waals surface area contributed by atoms with Crippen LogP contribution in [0.2, 0.25) is 0 Å². The van der Waals surface area contributed by atoms with E-state index >= 15 is 0 Å². The van der Waals surface area contributed by atoms with Crippen LogP contribution >= 0.6 is 0 Å². The third kappa shape index (κ3) is 11.0. The summed E-state index contributed by atoms with van der Waals surface area (Å²) >= 11 is 0. The predicted octanol–water partition coefficient (Wildman–Crippen LogP) is 25.3. The summed E-state index contributed by atoms with van der Waals surface area (Å²) in [6, 6.07) is 121. The molecule has 0 fully saturated rings. The van der Waals surface area contributed by atoms with E-state index < -0.39 is 5.41 Å². The molecule has 0 unspecified atom stereocenters. The number of nitrogens with zero attached hydrogens (tertiary/aromatic N) is 10. The number of rotatable bonds is 7. The molecule has 0 saturated carbocycles. The second kappa shape index (κ2) is 27.0. The van der Waals surface area contributed by atoms with Crippen LogP contribution in [0.3, 0.4) is 0 Å². The highest BCUT2D eigenvalue weighted by Gasteiger charge is 2.51. The fourth-order valence-corrected chi connectivity index (χ4v) is 15.9. The van der Waals surface area contributed by atoms with Gasteiger partial charge >= 0.3 is 0 Å². The highest BCUT2D eigenvalue weighted by atomic mass is 16.5. The third-order valence-electron chi connectivity index (χ3n) is 20.7. The van der Waals surface area contributed by atoms with Crippen molar-refractivity contribution >= 4 is 89.1 Å². The van der Waals surface area contributed by atoms with Gasteiger partial charge in [0, 0.05) is 79.6 Å². The van der Waals surface area contributed by atoms with E-state index in [9.17, 15) is 5.26 Å². The number of benzene rings is 13. The molecule has 0 bridgehead atoms. The van der Waals surface area contributed by atoms with Gasteiger partial charge in [-0.25, -0.2) is 9.69 Å². The molecule has 109 heavy (non-hydrogen) atoms. The topological polar surface area (TPSA) is 106 Å². The van der Waals surface area contributed by atoms with E-state index in [1.807, 2.05) is 72.8 Å². The molecule has 12 nitrogen and oxygen atoms in total. The number of hydrogen-bond donors (Lipinski definition) is 0. The number of para-hydroxylation sites is 11. The SMILES string of the molecule is N#Cc1ccnc(-c2ccc(-n3c4ccccc4c4cc5c(cc43)c3ccccc3n5-c3ccccc3)cc2)c1.[C-]#[N+]c1ccnc(-c2ccc(N3c4ccccc4C4(c5ccccc5Oc5ccccc54)c4ccccc43)cc2)c1.[C-]#[N+]c1ccnc(-c2ccc(N3c4ccccc4Oc4ccccc43)cc2)c1. The van der Waals surface area contributed by atoms with Gasteiger partial charge in [-0.1, -0.05) is 188 Å². The summed E-state index contributed by atoms with van der Waals surface area (Å²) in [6.07, 6.45) is 5.05. The number of nitriles is 1. The second-order valence-electron chi connectivity index (χ2n) is 26.7. The van der Waals surface area contributed by atoms with Gasteiger partial charge in [-0.15, -0.1) is 0 Å². The summed E-state index contributed by atoms with van der Waals surface area (Å²) in [7, 11) is 0. The number of aromatic nitrogens is 5. The number of pyridine rings is 3. The number of hydrogen-bond acceptors (Lipinski definition) is 8. The van der Waals surface area contributed by atoms with Gasteiger partial charge in [0.1, 0.15) is 11.5 Å². The summed E-state index contributed by atoms with van der Waals surface area (Å²) in [6.45, 7) is 14.6. The maximum absolute atomic E-state index is 9.30. The van der Waals surface area contributed by atoms with Crippen LogP contribution in [0.1, 0.15) is 27.8 Å². The second-order valence-corrected chi connectivity index (χ2v) is 26.7. The minimum atomic E-state index is -0.542. The number of ether oxygens (including phenoxy) is 2. The van der Waals surface area contributed by atoms with Crippen molar-refractivity contribution in [2.75, 3.05) is 9.80 Å². The van der Waals surface area contributed by atoms with Gasteiger partial charge in [0.25, 0.3) is 0 Å². The molecular weight excluding hydrogens is 1340 g/mol. The van der Waals surface area contributed by atoms with E-state index in [4.69, 9.17) is 22.6 Å². The highest BCUT2D eigenvalue weighted by molar-refractivity contribution is 6.19. The molecule has 1 spiro atoms. The molecule has 510 valence electrons. The molecule has 5 aromatic heterocycles. The van der Waals surface area contributed by atoms with Crippen LogP contribution in [0.15, 0.2) is 364 Å². The fraction of sp³-hybridized carbons (Fsp3) is 0.0103. The van der Waals surface area contributed by atoms with E-state index in [0.717, 1.165) is 119 Å². The van der Waals surface area contributed by atoms with Crippen LogP contribution in [0, 0.1) is 24.5 Å². The van der Waals surface area contributed by atoms with Gasteiger partial charge in [-0.05, 0) is 180 Å². The van der Waals surface area contributed by atoms with E-state index in [1.165, 1.54) is 49.2 Å². The molecule has 0 amide bonds. The number of fused-ring (bicyclic) bond motifs is 16. The molecule has 3 aliphatic rings. The molecule has 21 rings (SSSR count). The lowest BCUT2D eigenvalue weighted by atomic mass is 9.61. The molecule has 0 aliphatic carbocycles. The molecule has 0 N–H and O–H groups in total. The maximum Gasteiger partial charge on any atom is 0.190 e. The molecule has 18 aromatic rings. The Morgan fingerprint density at radius 2 is 0.661 bits per heavy atom. The molecule has 0 radical (unpaired) electrons. The van der Waals surface area contributed by atoms with Crippen LogP contribution in [-0.4, -0.2) is 24.1 Å². The zero-order chi connectivity index (χ0) is 72.9. The van der Waals surface area contributed by atoms with E-state index in [2.05, 4.69) is 298 Å². The first kappa shape index (κ1) is 64.4. The summed E-state index contributed by atoms with van der Waals surface area (Å²) in [4.78, 5) is 25.0. The normalized spacial score (nSPS) is 12.4. The first-order valence-electron chi connectivity index (χ1n) is 35.8. The van der Waals surface area contributed by atoms with Gasteiger partial charge in [-0.2, -0.15) is 5.26 Å². The quantitative estimate of drug-likeness (QED) is 0.145. The minimum Gasteiger partial charge on any atom is -0.457 e. The van der Waals surface area contributed by atoms with Crippen LogP contribution in [0.25, 0.3) is 98.4 Å². The van der Waals surface area contributed by atoms with Crippen molar-refractivity contribution in [2.24, 2.45) is 0 Å². The Balaban J connectivity index is 0.000000113. The monoisotopic (exact) mass is 1400 g/mol. The van der Waals surface area contributed by atoms with Crippen molar-refractivity contribution in [3.05, 3.63) is 415 Å². The lowest BCUT2D eigenvalue weighted by molar-refractivity contribution is 0.434. The first-order valence-corrected chi connectivity index (χ1v) is 35.8. The standard InChI is InChI=1S/C37H23N3O.C36H22N4.C24H15N3O/c1-38-26-22-23-39-32(24-26)25-18-20-27(21-19-25)40-33-14-6-2-10-28(33)37(29-11-3-7-15-34(29)40)30-12-4-8-16-35(30)41-36-17-9-5-13-31(36)37;37-23-24-18-19-38-32(20-24)25-14-16-27(17-15-25)40-34-13-7-5-11-29(34)31-21-35-30(22-36(31)40)28-10-4-6-12-33(28)39(35)26-8-2-1-3-9-26;1-25-18-14-15-26-20(16-18)17-10-12-19(13-11-17)27-21-6-2-4-8-23(21)28-24-9-5-3-7-22(24)27/h2-24H;1-22H;2-16H. The van der Waals surface area contributed by atoms with E-state index in [0.29, 0.717) is 16.9 Å². The molecule has 13 aromatic carbocycles. The van der Waals surface area contributed by atoms with Crippen molar-refractivity contribution < 1.29 is 9.47 Å². The van der Waals surface area contributed by atoms with Crippen molar-refractivity contribution in [3.8, 4) is 74.2 Å². The fourth-order valence-electron chi connectivity index (χ4n) is 15.9. The zero-order valence-corrected chi connectivity index (χ0v) is 58.4. The van der Waals surface area contributed by atoms with Gasteiger partial charge in [0.2, 0.25) is 0 Å². The van der Waals surface area contributed by atoms with Crippen molar-refractivity contribution in [2.45, 2.75) is 5.41 Å². The molecular formula is C97H60N10O2. The van der Waals surface area contributed by atoms with Gasteiger partial charge in [0.05, 0.1) is 92.1 Å². The van der Waals surface area contributed by atoms with Crippen molar-refractivity contribution in [1.29, 1.82) is 5.26 Å². The molecule has 0 saturated heterocycles. The molecule has 8 heterocycles. The summed E-state index contributed by atoms with van der Waals surface area (Å²) in [5, 5.41) is 14.2. The van der Waals surface area contributed by atoms with E-state index in [1.54, 1.807) is 42.9 Å². The first-order chi connectivity index (χ1) is 53.9. The minimum absolute atomic E-state index is 0.542. The Morgan fingerprint density at radius 3 is 1.13 bits per heavy atom. The Labute approximate surface area is 628 Å². The Kier molecular flexibility index (Phi) is 16.0. The van der Waals surface area contributed by atoms with Gasteiger partial charge in [0.15, 0.2) is 22.9 Å². The Morgan fingerprint density at radius 1 is 0.303 bits per heavy atom. The lowest BCUT2D eigenvalue weighted by Crippen LogP contribution is -2.39. The van der Waals surface area contributed by atoms with Gasteiger partial charge in [-0.3, -0.25) is 15.0 Å². The van der Waals surface area contributed by atoms with Crippen LogP contribution in [0.5, 0.6) is 23.0 Å². The zero-order valence-electron chi connectivity index (χ0n) is 58.4. The smallest absolute Gasteiger partial charge is 0.190 e. The summed E-state index contributed by atoms with van der Waals surface area (Å²) in [5.41, 5.74) is 24.5. The highest BCUT2D eigenvalue weighted by Crippen LogP contribution is 2.63. The Hall–Kier alpha value is -15.4. The van der Waals surface area contributed by atoms with Crippen LogP contribution in [-0.2, 0) is 5.41 Å². The molecule has 0 atom stereocenters. The Bertz CT molecular complexity index is 6600. The maximum atomic E-state index is 9.30. The summed E-state index contributed by atoms with van der Waals surface area (Å²) < 4.78 is 17.3. The third-order valence-corrected chi connectivity index (χ3v) is 20.7. The number of anilines is 6.